The van der Waals surface area contributed by atoms with Crippen LogP contribution < -0.4 is 0 Å². The highest BCUT2D eigenvalue weighted by Gasteiger charge is 2.18. The second-order valence-electron chi connectivity index (χ2n) is 4.76. The summed E-state index contributed by atoms with van der Waals surface area (Å²) in [5.41, 5.74) is 2.82. The quantitative estimate of drug-likeness (QED) is 0.554. The molecular weight excluding hydrogens is 431 g/mol. The van der Waals surface area contributed by atoms with Crippen LogP contribution in [0.4, 0.5) is 0 Å². The van der Waals surface area contributed by atoms with Gasteiger partial charge in [0.1, 0.15) is 17.4 Å². The summed E-state index contributed by atoms with van der Waals surface area (Å²) in [6.07, 6.45) is -0.757. The van der Waals surface area contributed by atoms with Crippen molar-refractivity contribution in [3.8, 4) is 0 Å². The lowest BCUT2D eigenvalue weighted by Crippen LogP contribution is -2.00. The Morgan fingerprint density at radius 2 is 1.95 bits per heavy atom. The van der Waals surface area contributed by atoms with Gasteiger partial charge in [-0.3, -0.25) is 0 Å². The van der Waals surface area contributed by atoms with Crippen LogP contribution in [-0.4, -0.2) is 5.11 Å². The number of halogens is 2. The van der Waals surface area contributed by atoms with Crippen LogP contribution in [0.25, 0.3) is 11.0 Å². The zero-order valence-corrected chi connectivity index (χ0v) is 14.5. The van der Waals surface area contributed by atoms with Crippen molar-refractivity contribution >= 4 is 49.5 Å². The molecule has 2 nitrogen and oxygen atoms in total. The van der Waals surface area contributed by atoms with Gasteiger partial charge < -0.3 is 9.52 Å². The zero-order valence-electron chi connectivity index (χ0n) is 10.7. The molecule has 1 atom stereocenters. The second-order valence-corrected chi connectivity index (χ2v) is 6.84. The Bertz CT molecular complexity index is 779. The highest BCUT2D eigenvalue weighted by Crippen LogP contribution is 2.32. The first-order chi connectivity index (χ1) is 9.54. The van der Waals surface area contributed by atoms with E-state index < -0.39 is 6.10 Å². The summed E-state index contributed by atoms with van der Waals surface area (Å²) in [6.45, 7) is 2.04. The second kappa shape index (κ2) is 5.50. The fourth-order valence-corrected chi connectivity index (χ4v) is 3.20. The largest absolute Gasteiger partial charge is 0.458 e. The summed E-state index contributed by atoms with van der Waals surface area (Å²) in [4.78, 5) is 0. The van der Waals surface area contributed by atoms with Gasteiger partial charge in [0.2, 0.25) is 0 Å². The first kappa shape index (κ1) is 14.1. The monoisotopic (exact) mass is 442 g/mol. The van der Waals surface area contributed by atoms with Crippen LogP contribution in [0, 0.1) is 10.5 Å². The first-order valence-electron chi connectivity index (χ1n) is 6.18. The van der Waals surface area contributed by atoms with E-state index in [-0.39, 0.29) is 0 Å². The molecule has 0 radical (unpaired) electrons. The van der Waals surface area contributed by atoms with Crippen molar-refractivity contribution in [1.29, 1.82) is 0 Å². The van der Waals surface area contributed by atoms with Gasteiger partial charge >= 0.3 is 0 Å². The fourth-order valence-electron chi connectivity index (χ4n) is 2.20. The van der Waals surface area contributed by atoms with Crippen LogP contribution in [0.3, 0.4) is 0 Å². The minimum Gasteiger partial charge on any atom is -0.458 e. The predicted octanol–water partition coefficient (Wildman–Crippen LogP) is 5.19. The van der Waals surface area contributed by atoms with E-state index in [1.165, 1.54) is 5.56 Å². The van der Waals surface area contributed by atoms with E-state index >= 15 is 0 Å². The lowest BCUT2D eigenvalue weighted by molar-refractivity contribution is 0.191. The fraction of sp³-hybridized carbons (Fsp3) is 0.125. The molecule has 3 aromatic rings. The Morgan fingerprint density at radius 1 is 1.15 bits per heavy atom. The maximum absolute atomic E-state index is 10.5. The van der Waals surface area contributed by atoms with Crippen LogP contribution in [0.5, 0.6) is 0 Å². The zero-order chi connectivity index (χ0) is 14.3. The third kappa shape index (κ3) is 2.64. The lowest BCUT2D eigenvalue weighted by Gasteiger charge is -2.10. The van der Waals surface area contributed by atoms with E-state index in [1.54, 1.807) is 0 Å². The first-order valence-corrected chi connectivity index (χ1v) is 8.05. The molecule has 0 aliphatic carbocycles. The van der Waals surface area contributed by atoms with Gasteiger partial charge in [-0.05, 0) is 65.9 Å². The van der Waals surface area contributed by atoms with Gasteiger partial charge in [0.15, 0.2) is 0 Å². The van der Waals surface area contributed by atoms with E-state index in [0.717, 1.165) is 24.6 Å². The Balaban J connectivity index is 2.07. The maximum Gasteiger partial charge on any atom is 0.138 e. The van der Waals surface area contributed by atoms with Crippen molar-refractivity contribution in [1.82, 2.24) is 0 Å². The van der Waals surface area contributed by atoms with Crippen LogP contribution in [0.2, 0.25) is 0 Å². The molecule has 3 rings (SSSR count). The van der Waals surface area contributed by atoms with Crippen molar-refractivity contribution in [2.24, 2.45) is 0 Å². The van der Waals surface area contributed by atoms with Crippen molar-refractivity contribution in [2.45, 2.75) is 13.0 Å². The number of aryl methyl sites for hydroxylation is 1. The Morgan fingerprint density at radius 3 is 2.75 bits per heavy atom. The van der Waals surface area contributed by atoms with Crippen LogP contribution in [-0.2, 0) is 0 Å². The predicted molar refractivity (Wildman–Crippen MR) is 91.9 cm³/mol. The number of benzene rings is 2. The Labute approximate surface area is 139 Å². The molecule has 4 heteroatoms. The van der Waals surface area contributed by atoms with E-state index in [0.29, 0.717) is 5.76 Å². The van der Waals surface area contributed by atoms with Gasteiger partial charge in [0.05, 0.1) is 0 Å². The molecule has 0 fully saturated rings. The van der Waals surface area contributed by atoms with Crippen LogP contribution >= 0.6 is 38.5 Å². The molecule has 1 N–H and O–H groups in total. The topological polar surface area (TPSA) is 33.4 Å². The molecular formula is C16H12BrIO2. The molecule has 0 saturated heterocycles. The average molecular weight is 443 g/mol. The number of aliphatic hydroxyl groups excluding tert-OH is 1. The molecule has 102 valence electrons. The van der Waals surface area contributed by atoms with Gasteiger partial charge in [0, 0.05) is 19.0 Å². The standard InChI is InChI=1S/C16H12BrIO2/c1-9-2-5-14-10(6-9)7-15(20-14)16(19)12-8-11(17)3-4-13(12)18/h2-8,16,19H,1H3. The van der Waals surface area contributed by atoms with Crippen molar-refractivity contribution in [2.75, 3.05) is 0 Å². The number of hydrogen-bond acceptors (Lipinski definition) is 2. The summed E-state index contributed by atoms with van der Waals surface area (Å²) >= 11 is 5.66. The van der Waals surface area contributed by atoms with E-state index in [9.17, 15) is 5.11 Å². The summed E-state index contributed by atoms with van der Waals surface area (Å²) in [5.74, 6) is 0.571. The van der Waals surface area contributed by atoms with Gasteiger partial charge in [0.25, 0.3) is 0 Å². The third-order valence-corrected chi connectivity index (χ3v) is 4.69. The number of furan rings is 1. The summed E-state index contributed by atoms with van der Waals surface area (Å²) in [6, 6.07) is 13.8. The van der Waals surface area contributed by atoms with Gasteiger partial charge in [-0.25, -0.2) is 0 Å². The minimum atomic E-state index is -0.757. The van der Waals surface area contributed by atoms with Crippen molar-refractivity contribution in [3.05, 3.63) is 67.4 Å². The molecule has 2 aromatic carbocycles. The number of hydrogen-bond donors (Lipinski definition) is 1. The number of fused-ring (bicyclic) bond motifs is 1. The molecule has 0 amide bonds. The molecule has 1 aromatic heterocycles. The highest BCUT2D eigenvalue weighted by atomic mass is 127. The van der Waals surface area contributed by atoms with Crippen molar-refractivity contribution in [3.63, 3.8) is 0 Å². The van der Waals surface area contributed by atoms with E-state index in [4.69, 9.17) is 4.42 Å². The van der Waals surface area contributed by atoms with Gasteiger partial charge in [-0.1, -0.05) is 27.6 Å². The Hall–Kier alpha value is -0.850. The molecule has 0 spiro atoms. The summed E-state index contributed by atoms with van der Waals surface area (Å²) in [5, 5.41) is 11.6. The molecule has 0 bridgehead atoms. The van der Waals surface area contributed by atoms with Crippen LogP contribution in [0.15, 0.2) is 51.4 Å². The van der Waals surface area contributed by atoms with Gasteiger partial charge in [-0.2, -0.15) is 0 Å². The smallest absolute Gasteiger partial charge is 0.138 e. The Kier molecular flexibility index (Phi) is 3.88. The molecule has 0 aliphatic rings. The molecule has 20 heavy (non-hydrogen) atoms. The molecule has 0 aliphatic heterocycles. The average Bonchev–Trinajstić information content (AvgIpc) is 2.83. The highest BCUT2D eigenvalue weighted by molar-refractivity contribution is 14.1. The minimum absolute atomic E-state index is 0.571. The third-order valence-electron chi connectivity index (χ3n) is 3.21. The molecule has 1 heterocycles. The summed E-state index contributed by atoms with van der Waals surface area (Å²) < 4.78 is 7.72. The van der Waals surface area contributed by atoms with Crippen LogP contribution in [0.1, 0.15) is 23.0 Å². The summed E-state index contributed by atoms with van der Waals surface area (Å²) in [7, 11) is 0. The number of aliphatic hydroxyl groups is 1. The maximum atomic E-state index is 10.5. The van der Waals surface area contributed by atoms with E-state index in [1.807, 2.05) is 43.3 Å². The lowest BCUT2D eigenvalue weighted by atomic mass is 10.1. The van der Waals surface area contributed by atoms with Gasteiger partial charge in [-0.15, -0.1) is 0 Å². The molecule has 1 unspecified atom stereocenters. The van der Waals surface area contributed by atoms with E-state index in [2.05, 4.69) is 44.6 Å². The molecule has 0 saturated carbocycles. The number of rotatable bonds is 2. The SMILES string of the molecule is Cc1ccc2oc(C(O)c3cc(Br)ccc3I)cc2c1. The normalized spacial score (nSPS) is 12.8. The van der Waals surface area contributed by atoms with Crippen molar-refractivity contribution < 1.29 is 9.52 Å².